The Morgan fingerprint density at radius 1 is 1.11 bits per heavy atom. The number of carbonyl (C=O) groups excluding carboxylic acids is 2. The monoisotopic (exact) mass is 383 g/mol. The van der Waals surface area contributed by atoms with E-state index < -0.39 is 0 Å². The van der Waals surface area contributed by atoms with Gasteiger partial charge in [0.1, 0.15) is 0 Å². The second kappa shape index (κ2) is 8.64. The molecule has 1 unspecified atom stereocenters. The van der Waals surface area contributed by atoms with E-state index in [0.717, 1.165) is 36.8 Å². The number of para-hydroxylation sites is 1. The van der Waals surface area contributed by atoms with Crippen LogP contribution in [0.5, 0.6) is 0 Å². The molecule has 1 aromatic rings. The summed E-state index contributed by atoms with van der Waals surface area (Å²) in [6, 6.07) is 7.69. The Labute approximate surface area is 168 Å². The van der Waals surface area contributed by atoms with E-state index in [1.54, 1.807) is 0 Å². The van der Waals surface area contributed by atoms with E-state index in [0.29, 0.717) is 11.8 Å². The Morgan fingerprint density at radius 3 is 2.68 bits per heavy atom. The summed E-state index contributed by atoms with van der Waals surface area (Å²) in [5.41, 5.74) is 1.73. The molecule has 3 aliphatic rings. The van der Waals surface area contributed by atoms with Crippen molar-refractivity contribution in [2.24, 2.45) is 17.8 Å². The van der Waals surface area contributed by atoms with Gasteiger partial charge in [0.2, 0.25) is 11.8 Å². The van der Waals surface area contributed by atoms with Crippen LogP contribution in [0, 0.1) is 17.8 Å². The van der Waals surface area contributed by atoms with Crippen molar-refractivity contribution >= 4 is 17.5 Å². The van der Waals surface area contributed by atoms with Crippen LogP contribution in [0.3, 0.4) is 0 Å². The molecule has 28 heavy (non-hydrogen) atoms. The average Bonchev–Trinajstić information content (AvgIpc) is 3.14. The van der Waals surface area contributed by atoms with Gasteiger partial charge in [-0.1, -0.05) is 50.3 Å². The summed E-state index contributed by atoms with van der Waals surface area (Å²) in [7, 11) is 1.91. The quantitative estimate of drug-likeness (QED) is 0.819. The van der Waals surface area contributed by atoms with Gasteiger partial charge in [-0.3, -0.25) is 9.59 Å². The number of benzene rings is 1. The number of nitrogens with one attached hydrogen (secondary N) is 2. The Kier molecular flexibility index (Phi) is 6.00. The fourth-order valence-electron chi connectivity index (χ4n) is 5.47. The van der Waals surface area contributed by atoms with Crippen molar-refractivity contribution in [3.8, 4) is 0 Å². The van der Waals surface area contributed by atoms with Crippen LogP contribution in [-0.2, 0) is 9.59 Å². The van der Waals surface area contributed by atoms with Crippen molar-refractivity contribution in [3.05, 3.63) is 29.8 Å². The maximum Gasteiger partial charge on any atom is 0.230 e. The van der Waals surface area contributed by atoms with Gasteiger partial charge in [-0.05, 0) is 48.9 Å². The normalized spacial score (nSPS) is 27.9. The van der Waals surface area contributed by atoms with E-state index >= 15 is 0 Å². The van der Waals surface area contributed by atoms with Crippen LogP contribution in [-0.4, -0.2) is 43.4 Å². The van der Waals surface area contributed by atoms with E-state index in [-0.39, 0.29) is 24.2 Å². The zero-order valence-electron chi connectivity index (χ0n) is 17.0. The molecule has 0 spiro atoms. The van der Waals surface area contributed by atoms with Crippen LogP contribution in [0.25, 0.3) is 0 Å². The molecular formula is C23H33N3O2. The first-order chi connectivity index (χ1) is 13.6. The molecule has 2 amide bonds. The molecule has 152 valence electrons. The number of anilines is 1. The third-order valence-corrected chi connectivity index (χ3v) is 7.02. The van der Waals surface area contributed by atoms with E-state index in [1.807, 2.05) is 36.2 Å². The summed E-state index contributed by atoms with van der Waals surface area (Å²) >= 11 is 0. The molecule has 0 bridgehead atoms. The highest BCUT2D eigenvalue weighted by Crippen LogP contribution is 2.35. The topological polar surface area (TPSA) is 61.4 Å². The minimum absolute atomic E-state index is 0.0665. The van der Waals surface area contributed by atoms with Gasteiger partial charge in [0.05, 0.1) is 5.92 Å². The standard InChI is InChI=1S/C23H33N3O2/c1-26(15-18-14-24-13-17(18)11-16-7-3-2-4-8-16)23(28)20-12-22(27)25-21-10-6-5-9-19(20)21/h5-6,9-10,16-18,20,24H,2-4,7-8,11-15H2,1H3,(H,25,27)/t17-,18+,20?/m1/s1. The lowest BCUT2D eigenvalue weighted by Gasteiger charge is -2.32. The van der Waals surface area contributed by atoms with Gasteiger partial charge in [-0.15, -0.1) is 0 Å². The Balaban J connectivity index is 1.39. The van der Waals surface area contributed by atoms with Gasteiger partial charge >= 0.3 is 0 Å². The fraction of sp³-hybridized carbons (Fsp3) is 0.652. The molecule has 3 atom stereocenters. The zero-order chi connectivity index (χ0) is 19.5. The largest absolute Gasteiger partial charge is 0.345 e. The molecule has 5 nitrogen and oxygen atoms in total. The summed E-state index contributed by atoms with van der Waals surface area (Å²) in [4.78, 5) is 27.2. The van der Waals surface area contributed by atoms with Gasteiger partial charge in [-0.25, -0.2) is 0 Å². The smallest absolute Gasteiger partial charge is 0.230 e. The first-order valence-electron chi connectivity index (χ1n) is 11.0. The third kappa shape index (κ3) is 4.24. The van der Waals surface area contributed by atoms with Gasteiger partial charge in [-0.2, -0.15) is 0 Å². The van der Waals surface area contributed by atoms with Crippen molar-refractivity contribution in [2.75, 3.05) is 32.0 Å². The summed E-state index contributed by atoms with van der Waals surface area (Å²) in [5.74, 6) is 1.70. The van der Waals surface area contributed by atoms with Crippen LogP contribution >= 0.6 is 0 Å². The van der Waals surface area contributed by atoms with Crippen LogP contribution in [0.4, 0.5) is 5.69 Å². The number of rotatable bonds is 5. The van der Waals surface area contributed by atoms with Gasteiger partial charge in [0.15, 0.2) is 0 Å². The zero-order valence-corrected chi connectivity index (χ0v) is 17.0. The molecule has 1 aliphatic carbocycles. The third-order valence-electron chi connectivity index (χ3n) is 7.02. The van der Waals surface area contributed by atoms with Crippen molar-refractivity contribution < 1.29 is 9.59 Å². The lowest BCUT2D eigenvalue weighted by molar-refractivity contribution is -0.134. The molecule has 4 rings (SSSR count). The average molecular weight is 384 g/mol. The van der Waals surface area contributed by atoms with Crippen molar-refractivity contribution in [3.63, 3.8) is 0 Å². The highest BCUT2D eigenvalue weighted by atomic mass is 16.2. The van der Waals surface area contributed by atoms with Crippen molar-refractivity contribution in [2.45, 2.75) is 50.9 Å². The number of nitrogens with zero attached hydrogens (tertiary/aromatic N) is 1. The Bertz CT molecular complexity index is 714. The maximum absolute atomic E-state index is 13.2. The van der Waals surface area contributed by atoms with Crippen LogP contribution < -0.4 is 10.6 Å². The molecule has 2 aliphatic heterocycles. The van der Waals surface area contributed by atoms with Gasteiger partial charge in [0.25, 0.3) is 0 Å². The summed E-state index contributed by atoms with van der Waals surface area (Å²) in [6.45, 7) is 2.86. The highest BCUT2D eigenvalue weighted by molar-refractivity contribution is 6.01. The summed E-state index contributed by atoms with van der Waals surface area (Å²) in [5, 5.41) is 6.45. The van der Waals surface area contributed by atoms with E-state index in [4.69, 9.17) is 0 Å². The first-order valence-corrected chi connectivity index (χ1v) is 11.0. The predicted molar refractivity (Wildman–Crippen MR) is 111 cm³/mol. The molecule has 5 heteroatoms. The molecule has 1 aromatic carbocycles. The SMILES string of the molecule is CN(C[C@@H]1CNC[C@H]1CC1CCCCC1)C(=O)C1CC(=O)Nc2ccccc21. The molecular weight excluding hydrogens is 350 g/mol. The fourth-order valence-corrected chi connectivity index (χ4v) is 5.47. The molecule has 0 aromatic heterocycles. The number of likely N-dealkylation sites (N-methyl/N-ethyl adjacent to an activating group) is 1. The lowest BCUT2D eigenvalue weighted by Crippen LogP contribution is -2.40. The lowest BCUT2D eigenvalue weighted by atomic mass is 9.79. The first kappa shape index (κ1) is 19.4. The molecule has 0 radical (unpaired) electrons. The Morgan fingerprint density at radius 2 is 1.86 bits per heavy atom. The van der Waals surface area contributed by atoms with E-state index in [9.17, 15) is 9.59 Å². The molecule has 2 N–H and O–H groups in total. The second-order valence-electron chi connectivity index (χ2n) is 9.03. The molecule has 2 fully saturated rings. The van der Waals surface area contributed by atoms with Crippen LogP contribution in [0.2, 0.25) is 0 Å². The van der Waals surface area contributed by atoms with Gasteiger partial charge in [0, 0.05) is 25.7 Å². The highest BCUT2D eigenvalue weighted by Gasteiger charge is 2.35. The number of carbonyl (C=O) groups is 2. The maximum atomic E-state index is 13.2. The van der Waals surface area contributed by atoms with E-state index in [2.05, 4.69) is 10.6 Å². The van der Waals surface area contributed by atoms with Crippen LogP contribution in [0.1, 0.15) is 56.4 Å². The van der Waals surface area contributed by atoms with Crippen molar-refractivity contribution in [1.29, 1.82) is 0 Å². The second-order valence-corrected chi connectivity index (χ2v) is 9.03. The minimum Gasteiger partial charge on any atom is -0.345 e. The van der Waals surface area contributed by atoms with Gasteiger partial charge < -0.3 is 15.5 Å². The number of hydrogen-bond acceptors (Lipinski definition) is 3. The minimum atomic E-state index is -0.360. The van der Waals surface area contributed by atoms with Crippen LogP contribution in [0.15, 0.2) is 24.3 Å². The Hall–Kier alpha value is -1.88. The number of hydrogen-bond donors (Lipinski definition) is 2. The predicted octanol–water partition coefficient (Wildman–Crippen LogP) is 3.38. The summed E-state index contributed by atoms with van der Waals surface area (Å²) < 4.78 is 0. The number of fused-ring (bicyclic) bond motifs is 1. The molecule has 1 saturated heterocycles. The number of amides is 2. The molecule has 1 saturated carbocycles. The summed E-state index contributed by atoms with van der Waals surface area (Å²) in [6.07, 6.45) is 8.48. The molecule has 2 heterocycles. The van der Waals surface area contributed by atoms with E-state index in [1.165, 1.54) is 38.5 Å². The van der Waals surface area contributed by atoms with Crippen molar-refractivity contribution in [1.82, 2.24) is 10.2 Å².